The monoisotopic (exact) mass is 388 g/mol. The van der Waals surface area contributed by atoms with Gasteiger partial charge in [0, 0.05) is 12.1 Å². The molecule has 2 aromatic rings. The lowest BCUT2D eigenvalue weighted by atomic mass is 9.96. The van der Waals surface area contributed by atoms with Crippen LogP contribution in [0.5, 0.6) is 5.75 Å². The number of carbonyl (C=O) groups excluding carboxylic acids is 1. The summed E-state index contributed by atoms with van der Waals surface area (Å²) in [6.07, 6.45) is 0.00746. The van der Waals surface area contributed by atoms with E-state index < -0.39 is 27.3 Å². The third-order valence-electron chi connectivity index (χ3n) is 3.40. The Kier molecular flexibility index (Phi) is 5.45. The number of anilines is 1. The predicted molar refractivity (Wildman–Crippen MR) is 89.4 cm³/mol. The normalized spacial score (nSPS) is 12.0. The van der Waals surface area contributed by atoms with Gasteiger partial charge in [0.15, 0.2) is 0 Å². The maximum Gasteiger partial charge on any atom is 0.534 e. The number of hydrogen-bond acceptors (Lipinski definition) is 5. The summed E-state index contributed by atoms with van der Waals surface area (Å²) >= 11 is 0. The molecule has 0 saturated carbocycles. The molecule has 0 aromatic heterocycles. The fraction of sp³-hybridized carbons (Fsp3) is 0.188. The molecule has 0 spiro atoms. The number of halogens is 3. The summed E-state index contributed by atoms with van der Waals surface area (Å²) in [6, 6.07) is 10.3. The Morgan fingerprint density at radius 3 is 2.38 bits per heavy atom. The van der Waals surface area contributed by atoms with Crippen molar-refractivity contribution in [2.75, 3.05) is 5.73 Å². The molecule has 0 atom stereocenters. The van der Waals surface area contributed by atoms with Crippen molar-refractivity contribution in [1.82, 2.24) is 0 Å². The second-order valence-corrected chi connectivity index (χ2v) is 6.93. The van der Waals surface area contributed by atoms with E-state index >= 15 is 0 Å². The molecular weight excluding hydrogens is 373 g/mol. The molecule has 2 rings (SSSR count). The Hall–Kier alpha value is -2.75. The van der Waals surface area contributed by atoms with Gasteiger partial charge in [-0.15, -0.1) is 0 Å². The van der Waals surface area contributed by atoms with Gasteiger partial charge in [-0.2, -0.15) is 21.6 Å². The highest BCUT2D eigenvalue weighted by atomic mass is 32.2. The Morgan fingerprint density at radius 1 is 1.12 bits per heavy atom. The molecule has 0 fully saturated rings. The fourth-order valence-corrected chi connectivity index (χ4v) is 2.70. The van der Waals surface area contributed by atoms with Gasteiger partial charge in [0.25, 0.3) is 0 Å². The van der Waals surface area contributed by atoms with Crippen molar-refractivity contribution in [2.24, 2.45) is 5.73 Å². The van der Waals surface area contributed by atoms with E-state index in [4.69, 9.17) is 11.5 Å². The fourth-order valence-electron chi connectivity index (χ4n) is 2.25. The summed E-state index contributed by atoms with van der Waals surface area (Å²) < 4.78 is 63.9. The van der Waals surface area contributed by atoms with Crippen LogP contribution in [0, 0.1) is 0 Å². The number of benzene rings is 2. The first-order chi connectivity index (χ1) is 12.0. The van der Waals surface area contributed by atoms with Crippen molar-refractivity contribution < 1.29 is 30.6 Å². The Bertz CT molecular complexity index is 927. The van der Waals surface area contributed by atoms with E-state index in [-0.39, 0.29) is 12.8 Å². The molecule has 1 amide bonds. The molecule has 10 heteroatoms. The van der Waals surface area contributed by atoms with Crippen LogP contribution in [0.3, 0.4) is 0 Å². The zero-order valence-electron chi connectivity index (χ0n) is 13.3. The van der Waals surface area contributed by atoms with Gasteiger partial charge in [0.05, 0.1) is 0 Å². The van der Waals surface area contributed by atoms with E-state index in [2.05, 4.69) is 4.18 Å². The summed E-state index contributed by atoms with van der Waals surface area (Å²) in [4.78, 5) is 11.0. The zero-order valence-corrected chi connectivity index (χ0v) is 14.1. The van der Waals surface area contributed by atoms with E-state index in [9.17, 15) is 26.4 Å². The molecule has 0 aliphatic carbocycles. The van der Waals surface area contributed by atoms with Gasteiger partial charge >= 0.3 is 15.6 Å². The van der Waals surface area contributed by atoms with Gasteiger partial charge in [-0.25, -0.2) is 0 Å². The van der Waals surface area contributed by atoms with Gasteiger partial charge in [0.1, 0.15) is 5.75 Å². The third-order valence-corrected chi connectivity index (χ3v) is 4.38. The topological polar surface area (TPSA) is 112 Å². The number of carbonyl (C=O) groups is 1. The average Bonchev–Trinajstić information content (AvgIpc) is 2.51. The number of primary amides is 1. The Morgan fingerprint density at radius 2 is 1.81 bits per heavy atom. The summed E-state index contributed by atoms with van der Waals surface area (Å²) in [6.45, 7) is 0. The number of nitrogen functional groups attached to an aromatic ring is 1. The van der Waals surface area contributed by atoms with Crippen molar-refractivity contribution in [1.29, 1.82) is 0 Å². The zero-order chi connectivity index (χ0) is 19.5. The van der Waals surface area contributed by atoms with Gasteiger partial charge < -0.3 is 15.7 Å². The van der Waals surface area contributed by atoms with Crippen molar-refractivity contribution >= 4 is 21.7 Å². The van der Waals surface area contributed by atoms with Crippen LogP contribution < -0.4 is 15.7 Å². The van der Waals surface area contributed by atoms with Gasteiger partial charge in [-0.3, -0.25) is 4.79 Å². The number of hydrogen-bond donors (Lipinski definition) is 2. The molecule has 140 valence electrons. The molecule has 0 unspecified atom stereocenters. The highest BCUT2D eigenvalue weighted by Gasteiger charge is 2.48. The first-order valence-electron chi connectivity index (χ1n) is 7.27. The maximum absolute atomic E-state index is 12.5. The van der Waals surface area contributed by atoms with Crippen LogP contribution in [0.2, 0.25) is 0 Å². The number of aryl methyl sites for hydroxylation is 1. The van der Waals surface area contributed by atoms with Crippen LogP contribution in [0.4, 0.5) is 18.9 Å². The molecule has 0 saturated heterocycles. The largest absolute Gasteiger partial charge is 0.534 e. The minimum atomic E-state index is -5.79. The van der Waals surface area contributed by atoms with Crippen LogP contribution in [-0.4, -0.2) is 19.8 Å². The Labute approximate surface area is 147 Å². The van der Waals surface area contributed by atoms with E-state index in [0.717, 1.165) is 12.1 Å². The molecule has 26 heavy (non-hydrogen) atoms. The summed E-state index contributed by atoms with van der Waals surface area (Å²) in [5, 5.41) is 0. The summed E-state index contributed by atoms with van der Waals surface area (Å²) in [7, 11) is -5.79. The minimum Gasteiger partial charge on any atom is -0.399 e. The van der Waals surface area contributed by atoms with E-state index in [1.165, 1.54) is 6.07 Å². The highest BCUT2D eigenvalue weighted by Crippen LogP contribution is 2.32. The molecule has 0 aliphatic heterocycles. The molecule has 2 aromatic carbocycles. The summed E-state index contributed by atoms with van der Waals surface area (Å²) in [5.74, 6) is -1.13. The van der Waals surface area contributed by atoms with Crippen LogP contribution in [-0.2, 0) is 21.3 Å². The molecule has 0 aliphatic rings. The van der Waals surface area contributed by atoms with Crippen molar-refractivity contribution in [3.8, 4) is 16.9 Å². The Balaban J connectivity index is 2.46. The first-order valence-corrected chi connectivity index (χ1v) is 8.68. The average molecular weight is 388 g/mol. The smallest absolute Gasteiger partial charge is 0.399 e. The quantitative estimate of drug-likeness (QED) is 0.449. The highest BCUT2D eigenvalue weighted by molar-refractivity contribution is 7.88. The van der Waals surface area contributed by atoms with Gasteiger partial charge in [-0.05, 0) is 47.4 Å². The van der Waals surface area contributed by atoms with E-state index in [1.807, 2.05) is 0 Å². The molecule has 0 heterocycles. The lowest BCUT2D eigenvalue weighted by molar-refractivity contribution is -0.118. The van der Waals surface area contributed by atoms with Crippen LogP contribution in [0.15, 0.2) is 42.5 Å². The van der Waals surface area contributed by atoms with E-state index in [0.29, 0.717) is 22.4 Å². The number of rotatable bonds is 6. The third kappa shape index (κ3) is 4.66. The SMILES string of the molecule is NC(=O)CCc1cc(OS(=O)(=O)C(F)(F)F)ccc1-c1cccc(N)c1. The van der Waals surface area contributed by atoms with Crippen molar-refractivity contribution in [3.63, 3.8) is 0 Å². The maximum atomic E-state index is 12.5. The van der Waals surface area contributed by atoms with Gasteiger partial charge in [-0.1, -0.05) is 18.2 Å². The van der Waals surface area contributed by atoms with Crippen LogP contribution >= 0.6 is 0 Å². The predicted octanol–water partition coefficient (Wildman–Crippen LogP) is 2.58. The molecule has 6 nitrogen and oxygen atoms in total. The van der Waals surface area contributed by atoms with Crippen LogP contribution in [0.1, 0.15) is 12.0 Å². The van der Waals surface area contributed by atoms with Crippen molar-refractivity contribution in [2.45, 2.75) is 18.3 Å². The number of amides is 1. The number of alkyl halides is 3. The standard InChI is InChI=1S/C16H15F3N2O4S/c17-16(18,19)26(23,24)25-13-5-6-14(10-2-1-3-12(20)8-10)11(9-13)4-7-15(21)22/h1-3,5-6,8-9H,4,7,20H2,(H2,21,22). The summed E-state index contributed by atoms with van der Waals surface area (Å²) in [5.41, 5.74) is 7.36. The molecule has 0 bridgehead atoms. The minimum absolute atomic E-state index is 0.0786. The lowest BCUT2D eigenvalue weighted by Gasteiger charge is -2.14. The second-order valence-electron chi connectivity index (χ2n) is 5.39. The second kappa shape index (κ2) is 7.24. The van der Waals surface area contributed by atoms with E-state index in [1.54, 1.807) is 24.3 Å². The molecular formula is C16H15F3N2O4S. The van der Waals surface area contributed by atoms with Crippen molar-refractivity contribution in [3.05, 3.63) is 48.0 Å². The molecule has 4 N–H and O–H groups in total. The lowest BCUT2D eigenvalue weighted by Crippen LogP contribution is -2.28. The first kappa shape index (κ1) is 19.6. The molecule has 0 radical (unpaired) electrons. The van der Waals surface area contributed by atoms with Gasteiger partial charge in [0.2, 0.25) is 5.91 Å². The number of nitrogens with two attached hydrogens (primary N) is 2. The van der Waals surface area contributed by atoms with Crippen LogP contribution in [0.25, 0.3) is 11.1 Å².